The van der Waals surface area contributed by atoms with Crippen molar-refractivity contribution in [2.75, 3.05) is 13.1 Å². The molecule has 3 heterocycles. The van der Waals surface area contributed by atoms with Gasteiger partial charge in [0.05, 0.1) is 10.7 Å². The molecule has 5 rings (SSSR count). The van der Waals surface area contributed by atoms with E-state index in [1.807, 2.05) is 17.0 Å². The molecule has 2 aromatic heterocycles. The zero-order valence-corrected chi connectivity index (χ0v) is 22.9. The summed E-state index contributed by atoms with van der Waals surface area (Å²) in [6.45, 7) is 1.30. The molecule has 9 heteroatoms. The lowest BCUT2D eigenvalue weighted by Gasteiger charge is -2.43. The third-order valence-corrected chi connectivity index (χ3v) is 9.26. The highest BCUT2D eigenvalue weighted by Crippen LogP contribution is 2.48. The summed E-state index contributed by atoms with van der Waals surface area (Å²) in [6, 6.07) is 9.30. The minimum atomic E-state index is -1.26. The lowest BCUT2D eigenvalue weighted by Crippen LogP contribution is -2.48. The molecule has 184 valence electrons. The van der Waals surface area contributed by atoms with Crippen LogP contribution in [-0.2, 0) is 24.9 Å². The minimum Gasteiger partial charge on any atom is -0.619 e. The number of aliphatic hydroxyl groups excluding tert-OH is 1. The van der Waals surface area contributed by atoms with Gasteiger partial charge in [-0.05, 0) is 91.9 Å². The molecular formula is C26H26Br2ClN3O3. The first-order valence-corrected chi connectivity index (χ1v) is 13.7. The van der Waals surface area contributed by atoms with Crippen LogP contribution in [0, 0.1) is 11.1 Å². The second-order valence-electron chi connectivity index (χ2n) is 9.38. The number of likely N-dealkylation sites (tertiary alicyclic amines) is 1. The zero-order chi connectivity index (χ0) is 24.7. The van der Waals surface area contributed by atoms with Gasteiger partial charge in [-0.2, -0.15) is 4.73 Å². The van der Waals surface area contributed by atoms with Crippen LogP contribution in [0.15, 0.2) is 57.9 Å². The molecule has 1 fully saturated rings. The minimum absolute atomic E-state index is 0.0700. The fourth-order valence-corrected chi connectivity index (χ4v) is 6.64. The van der Waals surface area contributed by atoms with E-state index in [-0.39, 0.29) is 5.92 Å². The molecule has 1 saturated heterocycles. The highest BCUT2D eigenvalue weighted by atomic mass is 79.9. The zero-order valence-electron chi connectivity index (χ0n) is 19.0. The summed E-state index contributed by atoms with van der Waals surface area (Å²) in [7, 11) is 0. The van der Waals surface area contributed by atoms with Gasteiger partial charge in [-0.15, -0.1) is 0 Å². The number of hydrogen-bond donors (Lipinski definition) is 2. The van der Waals surface area contributed by atoms with Gasteiger partial charge in [0, 0.05) is 52.7 Å². The number of halogens is 3. The SMILES string of the molecule is [O-][n+]1ccc(CC(O)N2CCC(C3(O)c4ccc(Cl)c(Br)c4CCc4cc(Br)cnc43)CC2)cc1. The standard InChI is InChI=1S/C26H26Br2ClN3O3/c27-19-14-17-1-2-20-21(3-4-22(29)24(20)28)26(34,25(17)30-15-19)18-7-9-31(10-8-18)23(33)13-16-5-11-32(35)12-6-16/h3-6,11-12,14-15,18,23,33-34H,1-2,7-10,13H2. The Kier molecular flexibility index (Phi) is 7.23. The molecule has 2 atom stereocenters. The topological polar surface area (TPSA) is 83.5 Å². The lowest BCUT2D eigenvalue weighted by atomic mass is 9.72. The van der Waals surface area contributed by atoms with Crippen molar-refractivity contribution in [2.24, 2.45) is 5.92 Å². The largest absolute Gasteiger partial charge is 0.619 e. The van der Waals surface area contributed by atoms with Crippen LogP contribution in [0.2, 0.25) is 5.02 Å². The van der Waals surface area contributed by atoms with Crippen molar-refractivity contribution in [1.29, 1.82) is 0 Å². The Balaban J connectivity index is 1.43. The number of benzene rings is 1. The quantitative estimate of drug-likeness (QED) is 0.331. The van der Waals surface area contributed by atoms with E-state index in [4.69, 9.17) is 16.6 Å². The van der Waals surface area contributed by atoms with E-state index >= 15 is 0 Å². The van der Waals surface area contributed by atoms with Crippen molar-refractivity contribution >= 4 is 43.5 Å². The summed E-state index contributed by atoms with van der Waals surface area (Å²) in [5.41, 5.74) is 3.28. The van der Waals surface area contributed by atoms with Gasteiger partial charge < -0.3 is 15.4 Å². The highest BCUT2D eigenvalue weighted by molar-refractivity contribution is 9.10. The number of fused-ring (bicyclic) bond motifs is 2. The lowest BCUT2D eigenvalue weighted by molar-refractivity contribution is -0.605. The number of nitrogens with zero attached hydrogens (tertiary/aromatic N) is 3. The van der Waals surface area contributed by atoms with Crippen LogP contribution in [-0.4, -0.2) is 39.4 Å². The monoisotopic (exact) mass is 621 g/mol. The van der Waals surface area contributed by atoms with Crippen molar-refractivity contribution in [1.82, 2.24) is 9.88 Å². The van der Waals surface area contributed by atoms with Gasteiger partial charge in [-0.1, -0.05) is 17.7 Å². The summed E-state index contributed by atoms with van der Waals surface area (Å²) in [4.78, 5) is 6.78. The third-order valence-electron chi connectivity index (χ3n) is 7.38. The van der Waals surface area contributed by atoms with E-state index in [1.165, 1.54) is 12.4 Å². The molecule has 6 nitrogen and oxygen atoms in total. The average molecular weight is 624 g/mol. The molecule has 2 N–H and O–H groups in total. The first-order valence-electron chi connectivity index (χ1n) is 11.7. The second-order valence-corrected chi connectivity index (χ2v) is 11.5. The summed E-state index contributed by atoms with van der Waals surface area (Å²) in [5, 5.41) is 35.3. The van der Waals surface area contributed by atoms with Crippen molar-refractivity contribution in [3.8, 4) is 0 Å². The fraction of sp³-hybridized carbons (Fsp3) is 0.385. The van der Waals surface area contributed by atoms with Crippen molar-refractivity contribution in [3.05, 3.63) is 96.0 Å². The maximum atomic E-state index is 12.5. The summed E-state index contributed by atoms with van der Waals surface area (Å²) >= 11 is 13.6. The summed E-state index contributed by atoms with van der Waals surface area (Å²) in [5.74, 6) is -0.0700. The van der Waals surface area contributed by atoms with Crippen LogP contribution >= 0.6 is 43.5 Å². The molecule has 0 spiro atoms. The summed E-state index contributed by atoms with van der Waals surface area (Å²) < 4.78 is 2.46. The molecule has 35 heavy (non-hydrogen) atoms. The summed E-state index contributed by atoms with van der Waals surface area (Å²) in [6.07, 6.45) is 7.37. The molecule has 2 aliphatic rings. The van der Waals surface area contributed by atoms with E-state index in [2.05, 4.69) is 37.9 Å². The normalized spacial score (nSPS) is 21.7. The van der Waals surface area contributed by atoms with E-state index < -0.39 is 11.8 Å². The smallest absolute Gasteiger partial charge is 0.180 e. The molecule has 2 unspecified atom stereocenters. The van der Waals surface area contributed by atoms with Gasteiger partial charge in [-0.25, -0.2) is 0 Å². The first-order chi connectivity index (χ1) is 16.8. The van der Waals surface area contributed by atoms with Crippen LogP contribution in [0.1, 0.15) is 40.8 Å². The molecule has 1 aliphatic heterocycles. The van der Waals surface area contributed by atoms with Crippen LogP contribution in [0.5, 0.6) is 0 Å². The number of aryl methyl sites for hydroxylation is 1. The Labute approximate surface area is 226 Å². The van der Waals surface area contributed by atoms with Gasteiger partial charge in [0.25, 0.3) is 0 Å². The number of hydrogen-bond acceptors (Lipinski definition) is 5. The predicted molar refractivity (Wildman–Crippen MR) is 141 cm³/mol. The van der Waals surface area contributed by atoms with Crippen molar-refractivity contribution < 1.29 is 14.9 Å². The predicted octanol–water partition coefficient (Wildman–Crippen LogP) is 4.50. The van der Waals surface area contributed by atoms with Gasteiger partial charge in [0.2, 0.25) is 0 Å². The molecule has 0 radical (unpaired) electrons. The fourth-order valence-electron chi connectivity index (χ4n) is 5.54. The maximum absolute atomic E-state index is 12.5. The number of aliphatic hydroxyl groups is 2. The Bertz CT molecular complexity index is 1240. The van der Waals surface area contributed by atoms with Gasteiger partial charge in [-0.3, -0.25) is 9.88 Å². The average Bonchev–Trinajstić information content (AvgIpc) is 2.98. The molecule has 3 aromatic rings. The number of rotatable bonds is 4. The Hall–Kier alpha value is -1.55. The van der Waals surface area contributed by atoms with Crippen LogP contribution < -0.4 is 4.73 Å². The van der Waals surface area contributed by atoms with E-state index in [0.29, 0.717) is 43.1 Å². The van der Waals surface area contributed by atoms with Gasteiger partial charge in [0.15, 0.2) is 12.4 Å². The van der Waals surface area contributed by atoms with Crippen LogP contribution in [0.3, 0.4) is 0 Å². The van der Waals surface area contributed by atoms with Crippen molar-refractivity contribution in [3.63, 3.8) is 0 Å². The van der Waals surface area contributed by atoms with E-state index in [9.17, 15) is 15.4 Å². The second kappa shape index (κ2) is 10.1. The van der Waals surface area contributed by atoms with Crippen molar-refractivity contribution in [2.45, 2.75) is 43.9 Å². The van der Waals surface area contributed by atoms with E-state index in [1.54, 1.807) is 18.3 Å². The Morgan fingerprint density at radius 2 is 1.89 bits per heavy atom. The Morgan fingerprint density at radius 1 is 1.17 bits per heavy atom. The highest BCUT2D eigenvalue weighted by Gasteiger charge is 2.47. The third kappa shape index (κ3) is 4.77. The van der Waals surface area contributed by atoms with Crippen LogP contribution in [0.4, 0.5) is 0 Å². The number of pyridine rings is 2. The maximum Gasteiger partial charge on any atom is 0.180 e. The molecule has 1 aromatic carbocycles. The van der Waals surface area contributed by atoms with Gasteiger partial charge in [0.1, 0.15) is 11.8 Å². The molecule has 0 bridgehead atoms. The molecule has 1 aliphatic carbocycles. The molecule has 0 saturated carbocycles. The van der Waals surface area contributed by atoms with Gasteiger partial charge >= 0.3 is 0 Å². The Morgan fingerprint density at radius 3 is 2.60 bits per heavy atom. The van der Waals surface area contributed by atoms with Crippen LogP contribution in [0.25, 0.3) is 0 Å². The number of piperidine rings is 1. The number of aromatic nitrogens is 2. The first kappa shape index (κ1) is 25.1. The van der Waals surface area contributed by atoms with E-state index in [0.717, 1.165) is 48.8 Å². The molecular weight excluding hydrogens is 598 g/mol. The molecule has 0 amide bonds.